The first-order valence-electron chi connectivity index (χ1n) is 10.4. The van der Waals surface area contributed by atoms with Gasteiger partial charge in [-0.3, -0.25) is 15.2 Å². The highest BCUT2D eigenvalue weighted by Gasteiger charge is 2.22. The Morgan fingerprint density at radius 3 is 2.19 bits per heavy atom. The lowest BCUT2D eigenvalue weighted by Crippen LogP contribution is -2.43. The Hall–Kier alpha value is -2.53. The molecule has 0 fully saturated rings. The second-order valence-corrected chi connectivity index (χ2v) is 7.63. The quantitative estimate of drug-likeness (QED) is 0.401. The number of ether oxygens (including phenoxy) is 2. The number of aliphatic hydroxyl groups is 1. The molecular formula is C23H32N2O7. The SMILES string of the molecule is COCCc1ccc(OCC(O)CN(C(=O)c2ccc(CON(O)O)cc2)C(C)C)cc1. The van der Waals surface area contributed by atoms with E-state index in [0.29, 0.717) is 23.5 Å². The minimum absolute atomic E-state index is 0.0568. The zero-order valence-corrected chi connectivity index (χ0v) is 18.7. The Morgan fingerprint density at radius 1 is 1.00 bits per heavy atom. The second-order valence-electron chi connectivity index (χ2n) is 7.63. The van der Waals surface area contributed by atoms with Gasteiger partial charge in [0.1, 0.15) is 18.5 Å². The minimum Gasteiger partial charge on any atom is -0.491 e. The summed E-state index contributed by atoms with van der Waals surface area (Å²) in [6.07, 6.45) is -0.0394. The summed E-state index contributed by atoms with van der Waals surface area (Å²) in [5.74, 6) is 0.426. The van der Waals surface area contributed by atoms with Crippen LogP contribution in [-0.4, -0.2) is 70.7 Å². The van der Waals surface area contributed by atoms with Gasteiger partial charge in [-0.05, 0) is 55.7 Å². The maximum atomic E-state index is 12.9. The van der Waals surface area contributed by atoms with Crippen LogP contribution in [0.3, 0.4) is 0 Å². The van der Waals surface area contributed by atoms with Crippen LogP contribution in [0.4, 0.5) is 0 Å². The van der Waals surface area contributed by atoms with Crippen LogP contribution in [0.2, 0.25) is 0 Å². The van der Waals surface area contributed by atoms with Gasteiger partial charge in [-0.25, -0.2) is 4.84 Å². The number of rotatable bonds is 13. The Bertz CT molecular complexity index is 810. The number of amides is 1. The van der Waals surface area contributed by atoms with Gasteiger partial charge in [0.15, 0.2) is 0 Å². The first-order valence-corrected chi connectivity index (χ1v) is 10.4. The summed E-state index contributed by atoms with van der Waals surface area (Å²) < 4.78 is 10.7. The molecule has 2 aromatic rings. The standard InChI is InChI=1S/C23H32N2O7/c1-17(2)24(23(27)20-8-4-19(5-9-20)15-32-25(28)29)14-21(26)16-31-22-10-6-18(7-11-22)12-13-30-3/h4-11,17,21,26,28-29H,12-16H2,1-3H3. The second kappa shape index (κ2) is 13.1. The van der Waals surface area contributed by atoms with Gasteiger partial charge >= 0.3 is 0 Å². The molecule has 9 nitrogen and oxygen atoms in total. The maximum absolute atomic E-state index is 12.9. The highest BCUT2D eigenvalue weighted by molar-refractivity contribution is 5.94. The van der Waals surface area contributed by atoms with Crippen molar-refractivity contribution >= 4 is 5.91 Å². The third-order valence-corrected chi connectivity index (χ3v) is 4.80. The van der Waals surface area contributed by atoms with Crippen LogP contribution >= 0.6 is 0 Å². The van der Waals surface area contributed by atoms with Crippen molar-refractivity contribution in [3.8, 4) is 5.75 Å². The molecular weight excluding hydrogens is 416 g/mol. The molecule has 1 amide bonds. The van der Waals surface area contributed by atoms with E-state index >= 15 is 0 Å². The molecule has 0 aromatic heterocycles. The van der Waals surface area contributed by atoms with E-state index in [1.807, 2.05) is 38.1 Å². The van der Waals surface area contributed by atoms with E-state index < -0.39 is 6.10 Å². The topological polar surface area (TPSA) is 112 Å². The molecule has 176 valence electrons. The summed E-state index contributed by atoms with van der Waals surface area (Å²) >= 11 is 0. The van der Waals surface area contributed by atoms with Gasteiger partial charge in [0, 0.05) is 18.7 Å². The minimum atomic E-state index is -0.859. The molecule has 0 aliphatic rings. The van der Waals surface area contributed by atoms with Crippen LogP contribution in [0, 0.1) is 0 Å². The van der Waals surface area contributed by atoms with Crippen LogP contribution in [0.5, 0.6) is 5.75 Å². The van der Waals surface area contributed by atoms with Crippen molar-refractivity contribution in [1.29, 1.82) is 0 Å². The summed E-state index contributed by atoms with van der Waals surface area (Å²) in [6, 6.07) is 14.1. The molecule has 0 bridgehead atoms. The number of hydrogen-bond donors (Lipinski definition) is 3. The van der Waals surface area contributed by atoms with Crippen molar-refractivity contribution in [3.05, 3.63) is 65.2 Å². The van der Waals surface area contributed by atoms with Gasteiger partial charge in [0.05, 0.1) is 25.1 Å². The average Bonchev–Trinajstić information content (AvgIpc) is 2.78. The Kier molecular flexibility index (Phi) is 10.5. The fourth-order valence-corrected chi connectivity index (χ4v) is 3.01. The normalized spacial score (nSPS) is 12.2. The third kappa shape index (κ3) is 8.54. The molecule has 2 rings (SSSR count). The molecule has 32 heavy (non-hydrogen) atoms. The predicted octanol–water partition coefficient (Wildman–Crippen LogP) is 2.68. The average molecular weight is 449 g/mol. The maximum Gasteiger partial charge on any atom is 0.254 e. The van der Waals surface area contributed by atoms with Crippen LogP contribution < -0.4 is 4.74 Å². The number of carbonyl (C=O) groups is 1. The number of methoxy groups -OCH3 is 1. The van der Waals surface area contributed by atoms with Crippen LogP contribution in [0.15, 0.2) is 48.5 Å². The number of nitrogens with zero attached hydrogens (tertiary/aromatic N) is 2. The first-order chi connectivity index (χ1) is 15.3. The van der Waals surface area contributed by atoms with Crippen molar-refractivity contribution in [2.45, 2.75) is 39.0 Å². The number of aliphatic hydroxyl groups excluding tert-OH is 1. The molecule has 3 N–H and O–H groups in total. The van der Waals surface area contributed by atoms with Gasteiger partial charge in [-0.15, -0.1) is 0 Å². The van der Waals surface area contributed by atoms with Gasteiger partial charge in [-0.2, -0.15) is 0 Å². The summed E-state index contributed by atoms with van der Waals surface area (Å²) in [4.78, 5) is 19.1. The molecule has 0 radical (unpaired) electrons. The van der Waals surface area contributed by atoms with Gasteiger partial charge in [-0.1, -0.05) is 24.3 Å². The largest absolute Gasteiger partial charge is 0.491 e. The molecule has 0 spiro atoms. The molecule has 1 atom stereocenters. The van der Waals surface area contributed by atoms with E-state index in [-0.39, 0.29) is 37.1 Å². The lowest BCUT2D eigenvalue weighted by molar-refractivity contribution is -0.497. The van der Waals surface area contributed by atoms with E-state index in [2.05, 4.69) is 4.84 Å². The van der Waals surface area contributed by atoms with E-state index in [1.54, 1.807) is 36.3 Å². The Labute approximate surface area is 188 Å². The lowest BCUT2D eigenvalue weighted by atomic mass is 10.1. The molecule has 0 saturated heterocycles. The summed E-state index contributed by atoms with van der Waals surface area (Å²) in [7, 11) is 1.66. The number of benzene rings is 2. The highest BCUT2D eigenvalue weighted by Crippen LogP contribution is 2.15. The molecule has 0 heterocycles. The zero-order valence-electron chi connectivity index (χ0n) is 18.7. The van der Waals surface area contributed by atoms with Crippen molar-refractivity contribution in [3.63, 3.8) is 0 Å². The van der Waals surface area contributed by atoms with E-state index in [0.717, 1.165) is 12.0 Å². The molecule has 9 heteroatoms. The van der Waals surface area contributed by atoms with E-state index in [9.17, 15) is 9.90 Å². The monoisotopic (exact) mass is 448 g/mol. The summed E-state index contributed by atoms with van der Waals surface area (Å²) in [5, 5.41) is 27.3. The van der Waals surface area contributed by atoms with Crippen molar-refractivity contribution in [2.24, 2.45) is 0 Å². The number of carbonyl (C=O) groups excluding carboxylic acids is 1. The molecule has 0 aliphatic heterocycles. The molecule has 0 saturated carbocycles. The van der Waals surface area contributed by atoms with Crippen molar-refractivity contribution < 1.29 is 34.6 Å². The van der Waals surface area contributed by atoms with Crippen LogP contribution in [0.25, 0.3) is 0 Å². The molecule has 1 unspecified atom stereocenters. The lowest BCUT2D eigenvalue weighted by Gasteiger charge is -2.29. The van der Waals surface area contributed by atoms with Gasteiger partial charge < -0.3 is 19.5 Å². The highest BCUT2D eigenvalue weighted by atomic mass is 17.1. The Morgan fingerprint density at radius 2 is 1.62 bits per heavy atom. The molecule has 2 aromatic carbocycles. The Balaban J connectivity index is 1.90. The fourth-order valence-electron chi connectivity index (χ4n) is 3.01. The summed E-state index contributed by atoms with van der Waals surface area (Å²) in [6.45, 7) is 4.53. The fraction of sp³-hybridized carbons (Fsp3) is 0.435. The summed E-state index contributed by atoms with van der Waals surface area (Å²) in [5.41, 5.74) is 2.25. The van der Waals surface area contributed by atoms with E-state index in [4.69, 9.17) is 19.9 Å². The van der Waals surface area contributed by atoms with Crippen LogP contribution in [0.1, 0.15) is 35.3 Å². The van der Waals surface area contributed by atoms with Gasteiger partial charge in [0.25, 0.3) is 5.91 Å². The first kappa shape index (κ1) is 25.7. The van der Waals surface area contributed by atoms with Gasteiger partial charge in [0.2, 0.25) is 0 Å². The molecule has 0 aliphatic carbocycles. The van der Waals surface area contributed by atoms with Crippen molar-refractivity contribution in [1.82, 2.24) is 10.3 Å². The van der Waals surface area contributed by atoms with Crippen LogP contribution in [-0.2, 0) is 22.6 Å². The zero-order chi connectivity index (χ0) is 23.5. The van der Waals surface area contributed by atoms with E-state index in [1.165, 1.54) is 0 Å². The smallest absolute Gasteiger partial charge is 0.254 e. The van der Waals surface area contributed by atoms with Crippen molar-refractivity contribution in [2.75, 3.05) is 26.9 Å². The third-order valence-electron chi connectivity index (χ3n) is 4.80. The predicted molar refractivity (Wildman–Crippen MR) is 116 cm³/mol. The number of hydrogen-bond acceptors (Lipinski definition) is 8.